The van der Waals surface area contributed by atoms with Gasteiger partial charge in [0.1, 0.15) is 16.5 Å². The predicted molar refractivity (Wildman–Crippen MR) is 93.0 cm³/mol. The number of pyridine rings is 1. The van der Waals surface area contributed by atoms with Gasteiger partial charge in [-0.15, -0.1) is 0 Å². The summed E-state index contributed by atoms with van der Waals surface area (Å²) in [5, 5.41) is 9.23. The third kappa shape index (κ3) is 4.01. The number of hydrogen-bond donors (Lipinski definition) is 2. The highest BCUT2D eigenvalue weighted by Gasteiger charge is 2.26. The van der Waals surface area contributed by atoms with E-state index in [2.05, 4.69) is 9.71 Å². The molecule has 1 aliphatic heterocycles. The number of sulfonamides is 1. The average molecular weight is 396 g/mol. The second-order valence-electron chi connectivity index (χ2n) is 5.96. The summed E-state index contributed by atoms with van der Waals surface area (Å²) in [5.74, 6) is -1.38. The van der Waals surface area contributed by atoms with Crippen molar-refractivity contribution in [2.24, 2.45) is 5.92 Å². The van der Waals surface area contributed by atoms with E-state index >= 15 is 0 Å². The molecule has 0 saturated heterocycles. The van der Waals surface area contributed by atoms with Crippen molar-refractivity contribution in [2.75, 3.05) is 25.0 Å². The number of benzene rings is 1. The quantitative estimate of drug-likeness (QED) is 0.789. The van der Waals surface area contributed by atoms with Crippen LogP contribution in [0, 0.1) is 11.7 Å². The van der Waals surface area contributed by atoms with Gasteiger partial charge in [0.05, 0.1) is 31.2 Å². The highest BCUT2D eigenvalue weighted by Crippen LogP contribution is 2.29. The fraction of sp³-hybridized carbons (Fsp3) is 0.294. The number of carbonyl (C=O) groups excluding carboxylic acids is 1. The Kier molecular flexibility index (Phi) is 5.29. The topological polar surface area (TPSA) is 115 Å². The van der Waals surface area contributed by atoms with E-state index in [9.17, 15) is 22.7 Å². The molecule has 1 aliphatic rings. The van der Waals surface area contributed by atoms with E-state index < -0.39 is 15.8 Å². The summed E-state index contributed by atoms with van der Waals surface area (Å²) in [5.41, 5.74) is 0.122. The van der Waals surface area contributed by atoms with Crippen molar-refractivity contribution >= 4 is 21.5 Å². The van der Waals surface area contributed by atoms with Crippen molar-refractivity contribution in [2.45, 2.75) is 11.3 Å². The molecule has 27 heavy (non-hydrogen) atoms. The van der Waals surface area contributed by atoms with Gasteiger partial charge < -0.3 is 14.6 Å². The first-order chi connectivity index (χ1) is 12.8. The summed E-state index contributed by atoms with van der Waals surface area (Å²) in [7, 11) is -2.93. The average Bonchev–Trinajstić information content (AvgIpc) is 2.80. The van der Waals surface area contributed by atoms with Crippen molar-refractivity contribution < 1.29 is 32.2 Å². The first-order valence-corrected chi connectivity index (χ1v) is 9.45. The lowest BCUT2D eigenvalue weighted by Crippen LogP contribution is -2.16. The van der Waals surface area contributed by atoms with E-state index in [1.54, 1.807) is 0 Å². The zero-order valence-corrected chi connectivity index (χ0v) is 15.1. The zero-order valence-electron chi connectivity index (χ0n) is 14.3. The number of methoxy groups -OCH3 is 1. The molecule has 0 saturated carbocycles. The van der Waals surface area contributed by atoms with Crippen LogP contribution in [-0.4, -0.2) is 44.6 Å². The number of nitrogens with zero attached hydrogens (tertiary/aromatic N) is 1. The number of ketones is 1. The van der Waals surface area contributed by atoms with Crippen LogP contribution >= 0.6 is 0 Å². The Bertz CT molecular complexity index is 979. The van der Waals surface area contributed by atoms with E-state index in [1.165, 1.54) is 25.4 Å². The molecule has 2 N–H and O–H groups in total. The Morgan fingerprint density at radius 1 is 1.41 bits per heavy atom. The van der Waals surface area contributed by atoms with Gasteiger partial charge in [0.25, 0.3) is 10.0 Å². The van der Waals surface area contributed by atoms with Crippen LogP contribution in [0.4, 0.5) is 10.1 Å². The molecule has 3 rings (SSSR count). The van der Waals surface area contributed by atoms with Crippen molar-refractivity contribution in [3.63, 3.8) is 0 Å². The molecule has 0 radical (unpaired) electrons. The molecule has 1 aromatic heterocycles. The van der Waals surface area contributed by atoms with Crippen LogP contribution in [0.15, 0.2) is 35.4 Å². The molecule has 2 aromatic rings. The van der Waals surface area contributed by atoms with Gasteiger partial charge in [-0.3, -0.25) is 9.52 Å². The largest absolute Gasteiger partial charge is 0.495 e. The highest BCUT2D eigenvalue weighted by atomic mass is 32.2. The van der Waals surface area contributed by atoms with Crippen molar-refractivity contribution in [1.29, 1.82) is 0 Å². The Labute approximate surface area is 155 Å². The van der Waals surface area contributed by atoms with Crippen LogP contribution < -0.4 is 14.2 Å². The maximum absolute atomic E-state index is 13.5. The predicted octanol–water partition coefficient (Wildman–Crippen LogP) is 1.60. The number of ether oxygens (including phenoxy) is 2. The summed E-state index contributed by atoms with van der Waals surface area (Å²) in [6.45, 7) is -0.0770. The maximum atomic E-state index is 13.5. The van der Waals surface area contributed by atoms with Gasteiger partial charge >= 0.3 is 0 Å². The number of halogens is 1. The van der Waals surface area contributed by atoms with Crippen molar-refractivity contribution in [3.8, 4) is 11.6 Å². The van der Waals surface area contributed by atoms with Crippen LogP contribution in [-0.2, 0) is 10.0 Å². The molecule has 0 aliphatic carbocycles. The number of aliphatic hydroxyl groups is 1. The van der Waals surface area contributed by atoms with E-state index in [-0.39, 0.29) is 59.1 Å². The lowest BCUT2D eigenvalue weighted by molar-refractivity contribution is 0.0927. The number of rotatable bonds is 5. The highest BCUT2D eigenvalue weighted by molar-refractivity contribution is 7.92. The number of fused-ring (bicyclic) bond motifs is 1. The molecule has 1 aromatic carbocycles. The third-order valence-electron chi connectivity index (χ3n) is 4.01. The fourth-order valence-corrected chi connectivity index (χ4v) is 3.85. The summed E-state index contributed by atoms with van der Waals surface area (Å²) in [6, 6.07) is 4.41. The number of Topliss-reactive ketones (excluding diaryl/α,β-unsaturated/α-hetero) is 1. The molecule has 0 amide bonds. The SMILES string of the molecule is COc1ccc(F)cc1S(=O)(=O)Nc1cnc2c(c1)C(=O)C[C@@H](CO)CO2. The normalized spacial score (nSPS) is 16.9. The molecule has 8 nitrogen and oxygen atoms in total. The van der Waals surface area contributed by atoms with Gasteiger partial charge in [0, 0.05) is 18.9 Å². The van der Waals surface area contributed by atoms with Crippen LogP contribution in [0.1, 0.15) is 16.8 Å². The second-order valence-corrected chi connectivity index (χ2v) is 7.62. The van der Waals surface area contributed by atoms with Crippen LogP contribution in [0.3, 0.4) is 0 Å². The van der Waals surface area contributed by atoms with E-state index in [4.69, 9.17) is 9.47 Å². The third-order valence-corrected chi connectivity index (χ3v) is 5.41. The lowest BCUT2D eigenvalue weighted by Gasteiger charge is -2.13. The fourth-order valence-electron chi connectivity index (χ4n) is 2.64. The van der Waals surface area contributed by atoms with Gasteiger partial charge in [-0.1, -0.05) is 0 Å². The Hall–Kier alpha value is -2.72. The van der Waals surface area contributed by atoms with Crippen LogP contribution in [0.25, 0.3) is 0 Å². The Morgan fingerprint density at radius 3 is 2.89 bits per heavy atom. The standard InChI is InChI=1S/C17H17FN2O6S/c1-25-15-3-2-11(18)5-16(15)27(23,24)20-12-6-13-14(22)4-10(8-21)9-26-17(13)19-7-12/h2-3,5-7,10,20-21H,4,8-9H2,1H3/t10-/m0/s1. The van der Waals surface area contributed by atoms with Gasteiger partial charge in [-0.25, -0.2) is 17.8 Å². The van der Waals surface area contributed by atoms with Crippen LogP contribution in [0.2, 0.25) is 0 Å². The van der Waals surface area contributed by atoms with Gasteiger partial charge in [0.15, 0.2) is 5.78 Å². The molecular weight excluding hydrogens is 379 g/mol. The molecule has 2 heterocycles. The van der Waals surface area contributed by atoms with Gasteiger partial charge in [-0.05, 0) is 24.3 Å². The zero-order chi connectivity index (χ0) is 19.6. The van der Waals surface area contributed by atoms with E-state index in [1.807, 2.05) is 0 Å². The number of carbonyl (C=O) groups is 1. The van der Waals surface area contributed by atoms with E-state index in [0.717, 1.165) is 12.1 Å². The first-order valence-electron chi connectivity index (χ1n) is 7.97. The molecule has 10 heteroatoms. The molecule has 1 atom stereocenters. The van der Waals surface area contributed by atoms with Crippen molar-refractivity contribution in [1.82, 2.24) is 4.98 Å². The summed E-state index contributed by atoms with van der Waals surface area (Å²) in [6.07, 6.45) is 1.24. The first kappa shape index (κ1) is 19.1. The number of aliphatic hydroxyl groups excluding tert-OH is 1. The molecule has 0 bridgehead atoms. The monoisotopic (exact) mass is 396 g/mol. The second kappa shape index (κ2) is 7.49. The summed E-state index contributed by atoms with van der Waals surface area (Å²) < 4.78 is 51.4. The Balaban J connectivity index is 1.93. The van der Waals surface area contributed by atoms with E-state index in [0.29, 0.717) is 0 Å². The molecular formula is C17H17FN2O6S. The van der Waals surface area contributed by atoms with Crippen molar-refractivity contribution in [3.05, 3.63) is 41.8 Å². The van der Waals surface area contributed by atoms with Gasteiger partial charge in [0.2, 0.25) is 5.88 Å². The number of hydrogen-bond acceptors (Lipinski definition) is 7. The van der Waals surface area contributed by atoms with Gasteiger partial charge in [-0.2, -0.15) is 0 Å². The number of anilines is 1. The molecule has 144 valence electrons. The summed E-state index contributed by atoms with van der Waals surface area (Å²) in [4.78, 5) is 15.9. The lowest BCUT2D eigenvalue weighted by atomic mass is 10.0. The Morgan fingerprint density at radius 2 is 2.19 bits per heavy atom. The molecule has 0 fully saturated rings. The number of aromatic nitrogens is 1. The summed E-state index contributed by atoms with van der Waals surface area (Å²) >= 11 is 0. The minimum atomic E-state index is -4.19. The molecule has 0 spiro atoms. The number of nitrogens with one attached hydrogen (secondary N) is 1. The van der Waals surface area contributed by atoms with Crippen LogP contribution in [0.5, 0.6) is 11.6 Å². The minimum absolute atomic E-state index is 0.0134. The smallest absolute Gasteiger partial charge is 0.265 e. The molecule has 0 unspecified atom stereocenters. The minimum Gasteiger partial charge on any atom is -0.495 e. The maximum Gasteiger partial charge on any atom is 0.265 e.